The topological polar surface area (TPSA) is 49.4 Å². The molecule has 1 heterocycles. The Hall–Kier alpha value is -1.62. The molecule has 1 unspecified atom stereocenters. The van der Waals surface area contributed by atoms with Crippen molar-refractivity contribution in [2.75, 3.05) is 20.1 Å². The van der Waals surface area contributed by atoms with Crippen molar-refractivity contribution in [3.8, 4) is 0 Å². The summed E-state index contributed by atoms with van der Waals surface area (Å²) < 4.78 is 14.2. The van der Waals surface area contributed by atoms with E-state index in [9.17, 15) is 14.0 Å². The summed E-state index contributed by atoms with van der Waals surface area (Å²) in [5.41, 5.74) is 0.325. The van der Waals surface area contributed by atoms with E-state index in [4.69, 9.17) is 11.6 Å². The van der Waals surface area contributed by atoms with Gasteiger partial charge in [-0.1, -0.05) is 11.6 Å². The number of likely N-dealkylation sites (tertiary alicyclic amines) is 1. The fourth-order valence-corrected chi connectivity index (χ4v) is 3.11. The predicted molar refractivity (Wildman–Crippen MR) is 87.9 cm³/mol. The van der Waals surface area contributed by atoms with Crippen LogP contribution in [0.15, 0.2) is 18.2 Å². The molecule has 4 nitrogen and oxygen atoms in total. The van der Waals surface area contributed by atoms with Gasteiger partial charge in [0.15, 0.2) is 0 Å². The molecule has 1 fully saturated rings. The molecule has 0 aliphatic carbocycles. The van der Waals surface area contributed by atoms with E-state index in [1.54, 1.807) is 0 Å². The molecular weight excluding hydrogens is 319 g/mol. The number of piperidine rings is 1. The fraction of sp³-hybridized carbons (Fsp3) is 0.529. The second kappa shape index (κ2) is 8.29. The number of hydrogen-bond acceptors (Lipinski definition) is 2. The summed E-state index contributed by atoms with van der Waals surface area (Å²) in [6, 6.07) is 4.25. The van der Waals surface area contributed by atoms with Crippen LogP contribution in [-0.4, -0.2) is 36.9 Å². The van der Waals surface area contributed by atoms with Crippen molar-refractivity contribution < 1.29 is 14.0 Å². The van der Waals surface area contributed by atoms with Crippen LogP contribution in [0, 0.1) is 5.82 Å². The molecule has 0 saturated carbocycles. The highest BCUT2D eigenvalue weighted by Crippen LogP contribution is 2.29. The Bertz CT molecular complexity index is 574. The Kier molecular flexibility index (Phi) is 6.39. The molecular formula is C17H22ClFN2O2. The van der Waals surface area contributed by atoms with Crippen molar-refractivity contribution in [2.24, 2.45) is 0 Å². The van der Waals surface area contributed by atoms with E-state index in [1.807, 2.05) is 4.90 Å². The number of carbonyl (C=O) groups excluding carboxylic acids is 2. The van der Waals surface area contributed by atoms with E-state index in [1.165, 1.54) is 25.2 Å². The maximum Gasteiger partial charge on any atom is 0.223 e. The molecule has 1 aromatic rings. The molecule has 2 rings (SSSR count). The molecule has 1 N–H and O–H groups in total. The van der Waals surface area contributed by atoms with E-state index < -0.39 is 11.7 Å². The molecule has 0 radical (unpaired) electrons. The molecule has 1 aromatic carbocycles. The number of rotatable bonds is 5. The van der Waals surface area contributed by atoms with E-state index in [0.29, 0.717) is 10.6 Å². The van der Waals surface area contributed by atoms with Gasteiger partial charge in [-0.15, -0.1) is 0 Å². The zero-order chi connectivity index (χ0) is 16.8. The van der Waals surface area contributed by atoms with Gasteiger partial charge in [0.05, 0.1) is 0 Å². The van der Waals surface area contributed by atoms with Crippen molar-refractivity contribution in [2.45, 2.75) is 38.0 Å². The molecule has 1 saturated heterocycles. The van der Waals surface area contributed by atoms with Crippen LogP contribution in [-0.2, 0) is 9.59 Å². The SMILES string of the molecule is CNC(=O)CC(CC(=O)N1CCCCC1)c1cc(Cl)ccc1F. The summed E-state index contributed by atoms with van der Waals surface area (Å²) in [7, 11) is 1.53. The van der Waals surface area contributed by atoms with Crippen LogP contribution in [0.3, 0.4) is 0 Å². The summed E-state index contributed by atoms with van der Waals surface area (Å²) in [5.74, 6) is -1.20. The number of halogens is 2. The molecule has 0 spiro atoms. The van der Waals surface area contributed by atoms with Gasteiger partial charge in [-0.25, -0.2) is 4.39 Å². The Labute approximate surface area is 141 Å². The number of hydrogen-bond donors (Lipinski definition) is 1. The van der Waals surface area contributed by atoms with Crippen LogP contribution in [0.4, 0.5) is 4.39 Å². The number of benzene rings is 1. The third-order valence-electron chi connectivity index (χ3n) is 4.24. The zero-order valence-electron chi connectivity index (χ0n) is 13.3. The van der Waals surface area contributed by atoms with Crippen molar-refractivity contribution in [3.63, 3.8) is 0 Å². The van der Waals surface area contributed by atoms with Crippen molar-refractivity contribution in [1.82, 2.24) is 10.2 Å². The molecule has 0 aromatic heterocycles. The van der Waals surface area contributed by atoms with Crippen LogP contribution in [0.5, 0.6) is 0 Å². The average Bonchev–Trinajstić information content (AvgIpc) is 2.57. The lowest BCUT2D eigenvalue weighted by Crippen LogP contribution is -2.36. The summed E-state index contributed by atoms with van der Waals surface area (Å²) in [4.78, 5) is 26.1. The fourth-order valence-electron chi connectivity index (χ4n) is 2.93. The highest BCUT2D eigenvalue weighted by molar-refractivity contribution is 6.30. The second-order valence-electron chi connectivity index (χ2n) is 5.89. The largest absolute Gasteiger partial charge is 0.359 e. The number of carbonyl (C=O) groups is 2. The molecule has 126 valence electrons. The standard InChI is InChI=1S/C17H22ClFN2O2/c1-20-16(22)9-12(14-11-13(18)5-6-15(14)19)10-17(23)21-7-3-2-4-8-21/h5-6,11-12H,2-4,7-10H2,1H3,(H,20,22). The smallest absolute Gasteiger partial charge is 0.223 e. The van der Waals surface area contributed by atoms with Gasteiger partial charge >= 0.3 is 0 Å². The van der Waals surface area contributed by atoms with Gasteiger partial charge in [0.2, 0.25) is 11.8 Å². The highest BCUT2D eigenvalue weighted by atomic mass is 35.5. The van der Waals surface area contributed by atoms with Gasteiger partial charge in [0, 0.05) is 43.9 Å². The van der Waals surface area contributed by atoms with Crippen molar-refractivity contribution in [3.05, 3.63) is 34.6 Å². The number of nitrogens with one attached hydrogen (secondary N) is 1. The van der Waals surface area contributed by atoms with Crippen LogP contribution in [0.1, 0.15) is 43.6 Å². The first-order chi connectivity index (χ1) is 11.0. The van der Waals surface area contributed by atoms with E-state index >= 15 is 0 Å². The zero-order valence-corrected chi connectivity index (χ0v) is 14.0. The van der Waals surface area contributed by atoms with Gasteiger partial charge in [0.25, 0.3) is 0 Å². The Morgan fingerprint density at radius 3 is 2.61 bits per heavy atom. The lowest BCUT2D eigenvalue weighted by Gasteiger charge is -2.28. The van der Waals surface area contributed by atoms with Crippen molar-refractivity contribution >= 4 is 23.4 Å². The Balaban J connectivity index is 2.17. The third-order valence-corrected chi connectivity index (χ3v) is 4.47. The van der Waals surface area contributed by atoms with Crippen LogP contribution < -0.4 is 5.32 Å². The monoisotopic (exact) mass is 340 g/mol. The minimum Gasteiger partial charge on any atom is -0.359 e. The van der Waals surface area contributed by atoms with Gasteiger partial charge in [0.1, 0.15) is 5.82 Å². The first-order valence-corrected chi connectivity index (χ1v) is 8.32. The van der Waals surface area contributed by atoms with E-state index in [2.05, 4.69) is 5.32 Å². The first-order valence-electron chi connectivity index (χ1n) is 7.94. The number of nitrogens with zero attached hydrogens (tertiary/aromatic N) is 1. The van der Waals surface area contributed by atoms with E-state index in [0.717, 1.165) is 32.4 Å². The van der Waals surface area contributed by atoms with Gasteiger partial charge < -0.3 is 10.2 Å². The molecule has 1 atom stereocenters. The minimum absolute atomic E-state index is 0.0296. The average molecular weight is 341 g/mol. The lowest BCUT2D eigenvalue weighted by molar-refractivity contribution is -0.132. The maximum absolute atomic E-state index is 14.2. The summed E-state index contributed by atoms with van der Waals surface area (Å²) in [6.07, 6.45) is 3.31. The number of amides is 2. The molecule has 1 aliphatic heterocycles. The van der Waals surface area contributed by atoms with E-state index in [-0.39, 0.29) is 24.7 Å². The summed E-state index contributed by atoms with van der Waals surface area (Å²) in [5, 5.41) is 2.93. The van der Waals surface area contributed by atoms with Crippen LogP contribution in [0.2, 0.25) is 5.02 Å². The van der Waals surface area contributed by atoms with Gasteiger partial charge in [-0.3, -0.25) is 9.59 Å². The second-order valence-corrected chi connectivity index (χ2v) is 6.32. The minimum atomic E-state index is -0.511. The molecule has 1 aliphatic rings. The van der Waals surface area contributed by atoms with Crippen LogP contribution in [0.25, 0.3) is 0 Å². The Morgan fingerprint density at radius 2 is 1.96 bits per heavy atom. The summed E-state index contributed by atoms with van der Waals surface area (Å²) in [6.45, 7) is 1.48. The van der Waals surface area contributed by atoms with Gasteiger partial charge in [-0.2, -0.15) is 0 Å². The molecule has 23 heavy (non-hydrogen) atoms. The van der Waals surface area contributed by atoms with Crippen LogP contribution >= 0.6 is 11.6 Å². The molecule has 2 amide bonds. The molecule has 6 heteroatoms. The summed E-state index contributed by atoms with van der Waals surface area (Å²) >= 11 is 5.95. The third kappa shape index (κ3) is 4.93. The normalized spacial score (nSPS) is 16.0. The predicted octanol–water partition coefficient (Wildman–Crippen LogP) is 3.10. The quantitative estimate of drug-likeness (QED) is 0.895. The van der Waals surface area contributed by atoms with Crippen molar-refractivity contribution in [1.29, 1.82) is 0 Å². The van der Waals surface area contributed by atoms with Gasteiger partial charge in [-0.05, 0) is 43.0 Å². The first kappa shape index (κ1) is 17.7. The maximum atomic E-state index is 14.2. The lowest BCUT2D eigenvalue weighted by atomic mass is 9.90. The highest BCUT2D eigenvalue weighted by Gasteiger charge is 2.25. The Morgan fingerprint density at radius 1 is 1.26 bits per heavy atom. The molecule has 0 bridgehead atoms.